The molecule has 19 heavy (non-hydrogen) atoms. The van der Waals surface area contributed by atoms with Crippen molar-refractivity contribution in [1.82, 2.24) is 0 Å². The lowest BCUT2D eigenvalue weighted by Gasteiger charge is -2.18. The van der Waals surface area contributed by atoms with E-state index < -0.39 is 0 Å². The molecule has 1 amide bonds. The fourth-order valence-electron chi connectivity index (χ4n) is 1.71. The molecule has 1 aromatic rings. The maximum atomic E-state index is 11.4. The average molecular weight is 262 g/mol. The van der Waals surface area contributed by atoms with Crippen LogP contribution in [0.4, 0.5) is 11.4 Å². The topological polar surface area (TPSA) is 57.7 Å². The highest BCUT2D eigenvalue weighted by molar-refractivity contribution is 5.91. The van der Waals surface area contributed by atoms with Gasteiger partial charge in [0.2, 0.25) is 17.0 Å². The molecule has 0 aliphatic rings. The molecule has 0 heterocycles. The fraction of sp³-hybridized carbons (Fsp3) is 0.500. The zero-order valence-electron chi connectivity index (χ0n) is 11.9. The van der Waals surface area contributed by atoms with Gasteiger partial charge in [-0.2, -0.15) is 0 Å². The SMILES string of the molecule is CCC(CC)Oc1cc(N(C)C(C)=O)ccc1[N+]#N. The number of hydrogen-bond donors (Lipinski definition) is 0. The molecule has 0 N–H and O–H groups in total. The molecule has 0 aliphatic heterocycles. The van der Waals surface area contributed by atoms with E-state index in [4.69, 9.17) is 10.1 Å². The van der Waals surface area contributed by atoms with E-state index in [9.17, 15) is 4.79 Å². The summed E-state index contributed by atoms with van der Waals surface area (Å²) in [6.07, 6.45) is 1.81. The van der Waals surface area contributed by atoms with Crippen LogP contribution in [0.3, 0.4) is 0 Å². The number of ether oxygens (including phenoxy) is 1. The maximum absolute atomic E-state index is 11.4. The van der Waals surface area contributed by atoms with Crippen molar-refractivity contribution in [3.63, 3.8) is 0 Å². The third-order valence-electron chi connectivity index (χ3n) is 3.12. The third-order valence-corrected chi connectivity index (χ3v) is 3.12. The smallest absolute Gasteiger partial charge is 0.426 e. The van der Waals surface area contributed by atoms with Crippen LogP contribution >= 0.6 is 0 Å². The molecule has 1 rings (SSSR count). The third kappa shape index (κ3) is 3.68. The van der Waals surface area contributed by atoms with E-state index in [1.165, 1.54) is 11.8 Å². The lowest BCUT2D eigenvalue weighted by atomic mass is 10.2. The first-order valence-electron chi connectivity index (χ1n) is 6.43. The first kappa shape index (κ1) is 15.0. The summed E-state index contributed by atoms with van der Waals surface area (Å²) in [7, 11) is 1.69. The Balaban J connectivity index is 3.10. The molecule has 102 valence electrons. The predicted octanol–water partition coefficient (Wildman–Crippen LogP) is 3.72. The summed E-state index contributed by atoms with van der Waals surface area (Å²) in [5.74, 6) is 0.420. The molecular weight excluding hydrogens is 242 g/mol. The van der Waals surface area contributed by atoms with Crippen molar-refractivity contribution in [3.8, 4) is 5.75 Å². The predicted molar refractivity (Wildman–Crippen MR) is 75.3 cm³/mol. The quantitative estimate of drug-likeness (QED) is 0.760. The lowest BCUT2D eigenvalue weighted by molar-refractivity contribution is -0.116. The summed E-state index contributed by atoms with van der Waals surface area (Å²) >= 11 is 0. The van der Waals surface area contributed by atoms with Crippen LogP contribution in [0.15, 0.2) is 18.2 Å². The minimum absolute atomic E-state index is 0.0674. The molecule has 0 unspecified atom stereocenters. The van der Waals surface area contributed by atoms with Crippen LogP contribution in [0.25, 0.3) is 4.98 Å². The largest absolute Gasteiger partial charge is 0.483 e. The van der Waals surface area contributed by atoms with Gasteiger partial charge in [0.25, 0.3) is 0 Å². The molecule has 0 saturated carbocycles. The van der Waals surface area contributed by atoms with Crippen LogP contribution in [0.2, 0.25) is 0 Å². The number of carbonyl (C=O) groups excluding carboxylic acids is 1. The molecule has 5 nitrogen and oxygen atoms in total. The first-order valence-corrected chi connectivity index (χ1v) is 6.43. The summed E-state index contributed by atoms with van der Waals surface area (Å²) in [4.78, 5) is 16.1. The van der Waals surface area contributed by atoms with Crippen molar-refractivity contribution >= 4 is 17.3 Å². The Labute approximate surface area is 113 Å². The van der Waals surface area contributed by atoms with Crippen molar-refractivity contribution in [1.29, 1.82) is 5.39 Å². The normalized spacial score (nSPS) is 10.1. The number of anilines is 1. The number of nitrogens with zero attached hydrogens (tertiary/aromatic N) is 3. The standard InChI is InChI=1S/C14H20N3O2/c1-5-12(6-2)19-14-9-11(17(4)10(3)18)7-8-13(14)16-15/h7-9,12H,5-6H2,1-4H3/q+1. The van der Waals surface area contributed by atoms with Crippen LogP contribution in [0.1, 0.15) is 33.6 Å². The highest BCUT2D eigenvalue weighted by atomic mass is 16.5. The van der Waals surface area contributed by atoms with Gasteiger partial charge in [0, 0.05) is 31.8 Å². The average Bonchev–Trinajstić information content (AvgIpc) is 2.43. The highest BCUT2D eigenvalue weighted by Crippen LogP contribution is 2.33. The van der Waals surface area contributed by atoms with E-state index >= 15 is 0 Å². The zero-order chi connectivity index (χ0) is 14.4. The molecule has 0 aliphatic carbocycles. The Morgan fingerprint density at radius 1 is 1.42 bits per heavy atom. The van der Waals surface area contributed by atoms with Crippen molar-refractivity contribution < 1.29 is 9.53 Å². The van der Waals surface area contributed by atoms with Crippen LogP contribution in [-0.2, 0) is 4.79 Å². The molecule has 0 aromatic heterocycles. The molecule has 0 spiro atoms. The Hall–Kier alpha value is -2.09. The minimum Gasteiger partial charge on any atom is -0.483 e. The molecule has 5 heteroatoms. The minimum atomic E-state index is -0.0674. The van der Waals surface area contributed by atoms with Crippen LogP contribution in [-0.4, -0.2) is 19.1 Å². The van der Waals surface area contributed by atoms with Gasteiger partial charge in [0.15, 0.2) is 4.98 Å². The number of carbonyl (C=O) groups is 1. The molecule has 0 atom stereocenters. The Bertz CT molecular complexity index is 490. The number of hydrogen-bond acceptors (Lipinski definition) is 3. The number of amides is 1. The lowest BCUT2D eigenvalue weighted by Crippen LogP contribution is -2.23. The second kappa shape index (κ2) is 6.74. The Morgan fingerprint density at radius 3 is 2.53 bits per heavy atom. The van der Waals surface area contributed by atoms with E-state index in [2.05, 4.69) is 4.98 Å². The summed E-state index contributed by atoms with van der Waals surface area (Å²) in [6.45, 7) is 5.57. The zero-order valence-corrected chi connectivity index (χ0v) is 11.9. The second-order valence-corrected chi connectivity index (χ2v) is 4.39. The van der Waals surface area contributed by atoms with Gasteiger partial charge in [-0.1, -0.05) is 13.8 Å². The molecule has 1 aromatic carbocycles. The summed E-state index contributed by atoms with van der Waals surface area (Å²) in [6, 6.07) is 5.07. The van der Waals surface area contributed by atoms with Crippen molar-refractivity contribution in [3.05, 3.63) is 23.2 Å². The Morgan fingerprint density at radius 2 is 2.05 bits per heavy atom. The summed E-state index contributed by atoms with van der Waals surface area (Å²) in [5.41, 5.74) is 1.08. The number of rotatable bonds is 5. The van der Waals surface area contributed by atoms with Gasteiger partial charge in [-0.15, -0.1) is 0 Å². The van der Waals surface area contributed by atoms with Gasteiger partial charge >= 0.3 is 5.69 Å². The van der Waals surface area contributed by atoms with E-state index in [0.717, 1.165) is 12.8 Å². The fourth-order valence-corrected chi connectivity index (χ4v) is 1.71. The van der Waals surface area contributed by atoms with Gasteiger partial charge < -0.3 is 9.64 Å². The number of benzene rings is 1. The van der Waals surface area contributed by atoms with E-state index in [1.54, 1.807) is 25.2 Å². The molecule has 0 saturated heterocycles. The van der Waals surface area contributed by atoms with Gasteiger partial charge in [0.05, 0.1) is 6.10 Å². The molecule has 0 radical (unpaired) electrons. The van der Waals surface area contributed by atoms with Crippen molar-refractivity contribution in [2.45, 2.75) is 39.7 Å². The summed E-state index contributed by atoms with van der Waals surface area (Å²) < 4.78 is 5.81. The highest BCUT2D eigenvalue weighted by Gasteiger charge is 2.20. The number of diazo groups is 1. The molecular formula is C14H20N3O2+. The maximum Gasteiger partial charge on any atom is 0.426 e. The first-order chi connectivity index (χ1) is 9.03. The van der Waals surface area contributed by atoms with E-state index in [1.807, 2.05) is 13.8 Å². The van der Waals surface area contributed by atoms with Gasteiger partial charge in [-0.05, 0) is 18.9 Å². The van der Waals surface area contributed by atoms with Crippen molar-refractivity contribution in [2.24, 2.45) is 0 Å². The molecule has 0 fully saturated rings. The van der Waals surface area contributed by atoms with Gasteiger partial charge in [-0.3, -0.25) is 4.79 Å². The van der Waals surface area contributed by atoms with Crippen molar-refractivity contribution in [2.75, 3.05) is 11.9 Å². The van der Waals surface area contributed by atoms with Crippen LogP contribution in [0, 0.1) is 5.39 Å². The van der Waals surface area contributed by atoms with Crippen LogP contribution in [0.5, 0.6) is 5.75 Å². The van der Waals surface area contributed by atoms with Crippen LogP contribution < -0.4 is 9.64 Å². The van der Waals surface area contributed by atoms with E-state index in [-0.39, 0.29) is 12.0 Å². The monoisotopic (exact) mass is 262 g/mol. The van der Waals surface area contributed by atoms with Gasteiger partial charge in [0.1, 0.15) is 0 Å². The molecule has 0 bridgehead atoms. The van der Waals surface area contributed by atoms with Gasteiger partial charge in [-0.25, -0.2) is 0 Å². The summed E-state index contributed by atoms with van der Waals surface area (Å²) in [5, 5.41) is 8.98. The Kier molecular flexibility index (Phi) is 5.31. The second-order valence-electron chi connectivity index (χ2n) is 4.39. The van der Waals surface area contributed by atoms with E-state index in [0.29, 0.717) is 17.1 Å².